The number of rotatable bonds is 3. The van der Waals surface area contributed by atoms with Crippen molar-refractivity contribution in [1.82, 2.24) is 4.98 Å². The zero-order valence-electron chi connectivity index (χ0n) is 10.2. The van der Waals surface area contributed by atoms with Crippen LogP contribution in [0.5, 0.6) is 0 Å². The molecule has 0 aromatic carbocycles. The molecule has 0 bridgehead atoms. The van der Waals surface area contributed by atoms with Gasteiger partial charge in [0.25, 0.3) is 0 Å². The van der Waals surface area contributed by atoms with E-state index >= 15 is 0 Å². The van der Waals surface area contributed by atoms with Crippen molar-refractivity contribution in [2.24, 2.45) is 5.92 Å². The van der Waals surface area contributed by atoms with Crippen LogP contribution in [0.3, 0.4) is 0 Å². The molecular formula is C13H20N2O2. The van der Waals surface area contributed by atoms with Crippen molar-refractivity contribution in [1.29, 1.82) is 0 Å². The van der Waals surface area contributed by atoms with E-state index in [0.717, 1.165) is 31.6 Å². The van der Waals surface area contributed by atoms with Gasteiger partial charge in [-0.15, -0.1) is 0 Å². The molecular weight excluding hydrogens is 216 g/mol. The average molecular weight is 236 g/mol. The molecule has 4 nitrogen and oxygen atoms in total. The Morgan fingerprint density at radius 1 is 1.47 bits per heavy atom. The molecule has 1 fully saturated rings. The summed E-state index contributed by atoms with van der Waals surface area (Å²) in [6.45, 7) is 3.78. The van der Waals surface area contributed by atoms with E-state index in [2.05, 4.69) is 9.88 Å². The second-order valence-electron chi connectivity index (χ2n) is 4.73. The largest absolute Gasteiger partial charge is 0.393 e. The maximum absolute atomic E-state index is 9.55. The third-order valence-electron chi connectivity index (χ3n) is 3.55. The summed E-state index contributed by atoms with van der Waals surface area (Å²) < 4.78 is 0. The van der Waals surface area contributed by atoms with Crippen LogP contribution in [0.15, 0.2) is 18.3 Å². The molecule has 1 saturated heterocycles. The maximum Gasteiger partial charge on any atom is 0.0853 e. The fourth-order valence-corrected chi connectivity index (χ4v) is 2.39. The molecule has 2 rings (SSSR count). The summed E-state index contributed by atoms with van der Waals surface area (Å²) in [6.07, 6.45) is 3.58. The third kappa shape index (κ3) is 2.96. The first-order chi connectivity index (χ1) is 8.20. The van der Waals surface area contributed by atoms with Crippen molar-refractivity contribution in [2.75, 3.05) is 18.0 Å². The summed E-state index contributed by atoms with van der Waals surface area (Å²) in [5, 5.41) is 18.6. The molecule has 4 heteroatoms. The van der Waals surface area contributed by atoms with Crippen LogP contribution < -0.4 is 4.90 Å². The number of aliphatic hydroxyl groups excluding tert-OH is 2. The molecule has 1 unspecified atom stereocenters. The van der Waals surface area contributed by atoms with Crippen LogP contribution >= 0.6 is 0 Å². The highest BCUT2D eigenvalue weighted by atomic mass is 16.3. The molecule has 0 saturated carbocycles. The number of nitrogens with zero attached hydrogens (tertiary/aromatic N) is 2. The normalized spacial score (nSPS) is 19.4. The molecule has 0 aliphatic carbocycles. The second kappa shape index (κ2) is 5.47. The highest BCUT2D eigenvalue weighted by molar-refractivity contribution is 5.46. The van der Waals surface area contributed by atoms with E-state index in [1.165, 1.54) is 0 Å². The minimum Gasteiger partial charge on any atom is -0.393 e. The van der Waals surface area contributed by atoms with E-state index in [1.54, 1.807) is 6.20 Å². The predicted octanol–water partition coefficient (Wildman–Crippen LogP) is 1.17. The van der Waals surface area contributed by atoms with Crippen molar-refractivity contribution >= 4 is 5.69 Å². The Kier molecular flexibility index (Phi) is 3.97. The van der Waals surface area contributed by atoms with E-state index in [1.807, 2.05) is 19.1 Å². The first-order valence-corrected chi connectivity index (χ1v) is 6.19. The number of aliphatic hydroxyl groups is 2. The molecule has 2 N–H and O–H groups in total. The zero-order chi connectivity index (χ0) is 12.3. The van der Waals surface area contributed by atoms with Gasteiger partial charge in [-0.1, -0.05) is 0 Å². The summed E-state index contributed by atoms with van der Waals surface area (Å²) in [7, 11) is 0. The summed E-state index contributed by atoms with van der Waals surface area (Å²) in [4.78, 5) is 6.37. The summed E-state index contributed by atoms with van der Waals surface area (Å²) in [5.41, 5.74) is 1.83. The van der Waals surface area contributed by atoms with Crippen molar-refractivity contribution in [3.63, 3.8) is 0 Å². The number of anilines is 1. The highest BCUT2D eigenvalue weighted by Gasteiger charge is 2.22. The molecule has 1 aliphatic rings. The number of hydrogen-bond donors (Lipinski definition) is 2. The van der Waals surface area contributed by atoms with E-state index in [0.29, 0.717) is 11.6 Å². The van der Waals surface area contributed by atoms with E-state index in [-0.39, 0.29) is 12.7 Å². The number of aromatic nitrogens is 1. The predicted molar refractivity (Wildman–Crippen MR) is 66.8 cm³/mol. The van der Waals surface area contributed by atoms with Crippen LogP contribution in [-0.2, 0) is 6.61 Å². The Hall–Kier alpha value is -1.13. The van der Waals surface area contributed by atoms with Crippen molar-refractivity contribution in [3.05, 3.63) is 24.0 Å². The molecule has 1 aromatic heterocycles. The smallest absolute Gasteiger partial charge is 0.0853 e. The second-order valence-corrected chi connectivity index (χ2v) is 4.73. The van der Waals surface area contributed by atoms with E-state index < -0.39 is 0 Å². The molecule has 0 spiro atoms. The van der Waals surface area contributed by atoms with Gasteiger partial charge in [0.15, 0.2) is 0 Å². The molecule has 0 radical (unpaired) electrons. The van der Waals surface area contributed by atoms with Crippen LogP contribution in [0.25, 0.3) is 0 Å². The Labute approximate surface area is 102 Å². The molecule has 2 heterocycles. The standard InChI is InChI=1S/C13H20N2O2/c1-10(17)11-3-6-15(7-4-11)13-2-5-14-12(8-13)9-16/h2,5,8,10-11,16-17H,3-4,6-7,9H2,1H3. The Morgan fingerprint density at radius 3 is 2.76 bits per heavy atom. The van der Waals surface area contributed by atoms with Crippen molar-refractivity contribution in [3.8, 4) is 0 Å². The minimum absolute atomic E-state index is 0.0159. The van der Waals surface area contributed by atoms with Gasteiger partial charge in [0, 0.05) is 25.0 Å². The average Bonchev–Trinajstić information content (AvgIpc) is 2.39. The van der Waals surface area contributed by atoms with Gasteiger partial charge in [-0.05, 0) is 37.8 Å². The van der Waals surface area contributed by atoms with E-state index in [4.69, 9.17) is 5.11 Å². The van der Waals surface area contributed by atoms with Crippen LogP contribution in [0.2, 0.25) is 0 Å². The highest BCUT2D eigenvalue weighted by Crippen LogP contribution is 2.25. The van der Waals surface area contributed by atoms with Gasteiger partial charge in [0.1, 0.15) is 0 Å². The molecule has 0 amide bonds. The van der Waals surface area contributed by atoms with Gasteiger partial charge in [-0.25, -0.2) is 0 Å². The number of piperidine rings is 1. The Balaban J connectivity index is 2.00. The molecule has 1 atom stereocenters. The molecule has 1 aliphatic heterocycles. The van der Waals surface area contributed by atoms with Crippen LogP contribution in [-0.4, -0.2) is 34.4 Å². The molecule has 1 aromatic rings. The van der Waals surface area contributed by atoms with Crippen molar-refractivity contribution < 1.29 is 10.2 Å². The zero-order valence-corrected chi connectivity index (χ0v) is 10.2. The SMILES string of the molecule is CC(O)C1CCN(c2ccnc(CO)c2)CC1. The van der Waals surface area contributed by atoms with E-state index in [9.17, 15) is 5.11 Å². The van der Waals surface area contributed by atoms with Gasteiger partial charge < -0.3 is 15.1 Å². The minimum atomic E-state index is -0.206. The number of hydrogen-bond acceptors (Lipinski definition) is 4. The van der Waals surface area contributed by atoms with Crippen molar-refractivity contribution in [2.45, 2.75) is 32.5 Å². The number of pyridine rings is 1. The lowest BCUT2D eigenvalue weighted by atomic mass is 9.92. The lowest BCUT2D eigenvalue weighted by Gasteiger charge is -2.34. The van der Waals surface area contributed by atoms with Crippen LogP contribution in [0.1, 0.15) is 25.5 Å². The van der Waals surface area contributed by atoms with Crippen LogP contribution in [0, 0.1) is 5.92 Å². The summed E-state index contributed by atoms with van der Waals surface area (Å²) >= 11 is 0. The first kappa shape index (κ1) is 12.3. The maximum atomic E-state index is 9.55. The molecule has 17 heavy (non-hydrogen) atoms. The summed E-state index contributed by atoms with van der Waals surface area (Å²) in [5.74, 6) is 0.422. The monoisotopic (exact) mass is 236 g/mol. The fourth-order valence-electron chi connectivity index (χ4n) is 2.39. The van der Waals surface area contributed by atoms with Gasteiger partial charge in [-0.2, -0.15) is 0 Å². The van der Waals surface area contributed by atoms with Gasteiger partial charge in [-0.3, -0.25) is 4.98 Å². The summed E-state index contributed by atoms with van der Waals surface area (Å²) in [6, 6.07) is 3.91. The third-order valence-corrected chi connectivity index (χ3v) is 3.55. The Morgan fingerprint density at radius 2 is 2.18 bits per heavy atom. The lowest BCUT2D eigenvalue weighted by molar-refractivity contribution is 0.110. The first-order valence-electron chi connectivity index (χ1n) is 6.19. The quantitative estimate of drug-likeness (QED) is 0.827. The van der Waals surface area contributed by atoms with Gasteiger partial charge in [0.05, 0.1) is 18.4 Å². The molecule has 94 valence electrons. The van der Waals surface area contributed by atoms with Crippen LogP contribution in [0.4, 0.5) is 5.69 Å². The van der Waals surface area contributed by atoms with Gasteiger partial charge in [0.2, 0.25) is 0 Å². The topological polar surface area (TPSA) is 56.6 Å². The lowest BCUT2D eigenvalue weighted by Crippen LogP contribution is -2.37. The van der Waals surface area contributed by atoms with Gasteiger partial charge >= 0.3 is 0 Å². The Bertz CT molecular complexity index is 360. The fraction of sp³-hybridized carbons (Fsp3) is 0.615.